The molecule has 0 bridgehead atoms. The zero-order chi connectivity index (χ0) is 15.5. The SMILES string of the molecule is CC(N[C@@H](C)C1CCCCC1)c1ccc(S(N)(=O)=O)cc1. The molecule has 1 fully saturated rings. The van der Waals surface area contributed by atoms with Gasteiger partial charge in [-0.05, 0) is 50.3 Å². The Morgan fingerprint density at radius 2 is 1.67 bits per heavy atom. The second-order valence-electron chi connectivity index (χ2n) is 6.19. The summed E-state index contributed by atoms with van der Waals surface area (Å²) in [6, 6.07) is 7.52. The van der Waals surface area contributed by atoms with Gasteiger partial charge in [0.15, 0.2) is 0 Å². The lowest BCUT2D eigenvalue weighted by Crippen LogP contribution is -2.36. The summed E-state index contributed by atoms with van der Waals surface area (Å²) in [6.07, 6.45) is 6.67. The van der Waals surface area contributed by atoms with Crippen molar-refractivity contribution in [3.8, 4) is 0 Å². The molecule has 0 radical (unpaired) electrons. The van der Waals surface area contributed by atoms with E-state index in [0.29, 0.717) is 6.04 Å². The molecule has 0 saturated heterocycles. The maximum absolute atomic E-state index is 11.3. The van der Waals surface area contributed by atoms with Crippen molar-refractivity contribution < 1.29 is 8.42 Å². The van der Waals surface area contributed by atoms with E-state index in [4.69, 9.17) is 5.14 Å². The molecule has 5 heteroatoms. The number of rotatable bonds is 5. The highest BCUT2D eigenvalue weighted by molar-refractivity contribution is 7.89. The van der Waals surface area contributed by atoms with Gasteiger partial charge in [0.2, 0.25) is 10.0 Å². The minimum absolute atomic E-state index is 0.166. The normalized spacial score (nSPS) is 20.1. The van der Waals surface area contributed by atoms with E-state index >= 15 is 0 Å². The van der Waals surface area contributed by atoms with E-state index in [1.54, 1.807) is 12.1 Å². The molecule has 1 aliphatic rings. The van der Waals surface area contributed by atoms with E-state index in [-0.39, 0.29) is 10.9 Å². The fourth-order valence-electron chi connectivity index (χ4n) is 3.21. The van der Waals surface area contributed by atoms with Crippen LogP contribution in [0.25, 0.3) is 0 Å². The second-order valence-corrected chi connectivity index (χ2v) is 7.75. The van der Waals surface area contributed by atoms with Gasteiger partial charge in [0, 0.05) is 12.1 Å². The van der Waals surface area contributed by atoms with E-state index in [1.165, 1.54) is 32.1 Å². The van der Waals surface area contributed by atoms with Crippen molar-refractivity contribution in [3.63, 3.8) is 0 Å². The first kappa shape index (κ1) is 16.5. The average molecular weight is 310 g/mol. The molecule has 1 unspecified atom stereocenters. The van der Waals surface area contributed by atoms with Gasteiger partial charge in [0.1, 0.15) is 0 Å². The first-order chi connectivity index (χ1) is 9.88. The number of nitrogens with two attached hydrogens (primary N) is 1. The summed E-state index contributed by atoms with van der Waals surface area (Å²) in [4.78, 5) is 0.166. The van der Waals surface area contributed by atoms with Crippen LogP contribution in [0.3, 0.4) is 0 Å². The molecule has 2 rings (SSSR count). The van der Waals surface area contributed by atoms with Crippen molar-refractivity contribution in [1.29, 1.82) is 0 Å². The summed E-state index contributed by atoms with van der Waals surface area (Å²) in [5.41, 5.74) is 1.09. The van der Waals surface area contributed by atoms with Crippen molar-refractivity contribution >= 4 is 10.0 Å². The molecule has 21 heavy (non-hydrogen) atoms. The zero-order valence-electron chi connectivity index (χ0n) is 12.9. The zero-order valence-corrected chi connectivity index (χ0v) is 13.7. The summed E-state index contributed by atoms with van der Waals surface area (Å²) < 4.78 is 22.5. The Bertz CT molecular complexity index is 548. The maximum atomic E-state index is 11.3. The van der Waals surface area contributed by atoms with Crippen LogP contribution in [0.5, 0.6) is 0 Å². The third-order valence-corrected chi connectivity index (χ3v) is 5.51. The molecule has 1 aromatic carbocycles. The standard InChI is InChI=1S/C16H26N2O2S/c1-12(14-6-4-3-5-7-14)18-13(2)15-8-10-16(11-9-15)21(17,19)20/h8-14,18H,3-7H2,1-2H3,(H2,17,19,20)/t12-,13?/m0/s1. The highest BCUT2D eigenvalue weighted by Crippen LogP contribution is 2.27. The molecule has 0 spiro atoms. The van der Waals surface area contributed by atoms with Gasteiger partial charge >= 0.3 is 0 Å². The lowest BCUT2D eigenvalue weighted by molar-refractivity contribution is 0.268. The molecule has 118 valence electrons. The predicted molar refractivity (Wildman–Crippen MR) is 85.4 cm³/mol. The van der Waals surface area contributed by atoms with Gasteiger partial charge < -0.3 is 5.32 Å². The number of hydrogen-bond donors (Lipinski definition) is 2. The Morgan fingerprint density at radius 3 is 2.19 bits per heavy atom. The molecule has 1 saturated carbocycles. The number of nitrogens with one attached hydrogen (secondary N) is 1. The fourth-order valence-corrected chi connectivity index (χ4v) is 3.72. The van der Waals surface area contributed by atoms with Crippen molar-refractivity contribution in [1.82, 2.24) is 5.32 Å². The number of sulfonamides is 1. The summed E-state index contributed by atoms with van der Waals surface area (Å²) in [6.45, 7) is 4.37. The Labute approximate surface area is 128 Å². The highest BCUT2D eigenvalue weighted by Gasteiger charge is 2.21. The molecule has 1 aromatic rings. The van der Waals surface area contributed by atoms with Crippen molar-refractivity contribution in [3.05, 3.63) is 29.8 Å². The van der Waals surface area contributed by atoms with Crippen LogP contribution < -0.4 is 10.5 Å². The van der Waals surface area contributed by atoms with Crippen LogP contribution in [0.1, 0.15) is 57.6 Å². The summed E-state index contributed by atoms with van der Waals surface area (Å²) in [5, 5.41) is 8.76. The molecule has 0 amide bonds. The Morgan fingerprint density at radius 1 is 1.10 bits per heavy atom. The Balaban J connectivity index is 1.97. The third-order valence-electron chi connectivity index (χ3n) is 4.58. The van der Waals surface area contributed by atoms with E-state index < -0.39 is 10.0 Å². The van der Waals surface area contributed by atoms with E-state index in [2.05, 4.69) is 19.2 Å². The van der Waals surface area contributed by atoms with Crippen molar-refractivity contribution in [2.75, 3.05) is 0 Å². The van der Waals surface area contributed by atoms with Gasteiger partial charge in [0.05, 0.1) is 4.90 Å². The highest BCUT2D eigenvalue weighted by atomic mass is 32.2. The average Bonchev–Trinajstić information content (AvgIpc) is 2.47. The quantitative estimate of drug-likeness (QED) is 0.878. The Kier molecular flexibility index (Phi) is 5.41. The Hall–Kier alpha value is -0.910. The molecule has 1 aliphatic carbocycles. The minimum atomic E-state index is -3.61. The maximum Gasteiger partial charge on any atom is 0.238 e. The van der Waals surface area contributed by atoms with Gasteiger partial charge in [-0.1, -0.05) is 31.4 Å². The molecular formula is C16H26N2O2S. The molecule has 4 nitrogen and oxygen atoms in total. The number of hydrogen-bond acceptors (Lipinski definition) is 3. The predicted octanol–water partition coefficient (Wildman–Crippen LogP) is 2.95. The largest absolute Gasteiger partial charge is 0.307 e. The summed E-state index contributed by atoms with van der Waals surface area (Å²) in [5.74, 6) is 0.755. The molecular weight excluding hydrogens is 284 g/mol. The molecule has 0 heterocycles. The van der Waals surface area contributed by atoms with Crippen LogP contribution in [0.4, 0.5) is 0 Å². The van der Waals surface area contributed by atoms with Gasteiger partial charge in [-0.25, -0.2) is 13.6 Å². The van der Waals surface area contributed by atoms with Gasteiger partial charge in [0.25, 0.3) is 0 Å². The van der Waals surface area contributed by atoms with E-state index in [0.717, 1.165) is 11.5 Å². The van der Waals surface area contributed by atoms with Gasteiger partial charge in [-0.3, -0.25) is 0 Å². The summed E-state index contributed by atoms with van der Waals surface area (Å²) in [7, 11) is -3.61. The first-order valence-corrected chi connectivity index (χ1v) is 9.31. The van der Waals surface area contributed by atoms with Gasteiger partial charge in [-0.15, -0.1) is 0 Å². The number of primary sulfonamides is 1. The van der Waals surface area contributed by atoms with Crippen molar-refractivity contribution in [2.45, 2.75) is 62.9 Å². The minimum Gasteiger partial charge on any atom is -0.307 e. The van der Waals surface area contributed by atoms with Crippen LogP contribution in [0, 0.1) is 5.92 Å². The van der Waals surface area contributed by atoms with Crippen LogP contribution in [-0.4, -0.2) is 14.5 Å². The molecule has 3 N–H and O–H groups in total. The van der Waals surface area contributed by atoms with E-state index in [9.17, 15) is 8.42 Å². The first-order valence-electron chi connectivity index (χ1n) is 7.77. The fraction of sp³-hybridized carbons (Fsp3) is 0.625. The topological polar surface area (TPSA) is 72.2 Å². The molecule has 0 aliphatic heterocycles. The van der Waals surface area contributed by atoms with Crippen LogP contribution in [0.15, 0.2) is 29.2 Å². The second kappa shape index (κ2) is 6.90. The van der Waals surface area contributed by atoms with Crippen molar-refractivity contribution in [2.24, 2.45) is 11.1 Å². The van der Waals surface area contributed by atoms with Crippen LogP contribution >= 0.6 is 0 Å². The van der Waals surface area contributed by atoms with Crippen LogP contribution in [-0.2, 0) is 10.0 Å². The van der Waals surface area contributed by atoms with E-state index in [1.807, 2.05) is 12.1 Å². The van der Waals surface area contributed by atoms with Crippen LogP contribution in [0.2, 0.25) is 0 Å². The van der Waals surface area contributed by atoms with Gasteiger partial charge in [-0.2, -0.15) is 0 Å². The number of benzene rings is 1. The lowest BCUT2D eigenvalue weighted by Gasteiger charge is -2.30. The molecule has 2 atom stereocenters. The summed E-state index contributed by atoms with van der Waals surface area (Å²) >= 11 is 0. The third kappa shape index (κ3) is 4.53. The molecule has 0 aromatic heterocycles. The lowest BCUT2D eigenvalue weighted by atomic mass is 9.84. The monoisotopic (exact) mass is 310 g/mol. The smallest absolute Gasteiger partial charge is 0.238 e.